The van der Waals surface area contributed by atoms with Crippen LogP contribution in [0.5, 0.6) is 0 Å². The third-order valence-corrected chi connectivity index (χ3v) is 13.0. The molecule has 4 fully saturated rings. The highest BCUT2D eigenvalue weighted by Crippen LogP contribution is 2.40. The van der Waals surface area contributed by atoms with Crippen LogP contribution in [0.25, 0.3) is 33.6 Å². The van der Waals surface area contributed by atoms with Crippen LogP contribution in [0.1, 0.15) is 82.0 Å². The maximum atomic E-state index is 15.7. The van der Waals surface area contributed by atoms with Crippen molar-refractivity contribution in [2.45, 2.75) is 88.5 Å². The Balaban J connectivity index is 0.947. The van der Waals surface area contributed by atoms with E-state index in [1.807, 2.05) is 55.5 Å². The topological polar surface area (TPSA) is 193 Å². The van der Waals surface area contributed by atoms with Crippen LogP contribution in [-0.4, -0.2) is 113 Å². The molecule has 4 amide bonds. The minimum absolute atomic E-state index is 0.0999. The summed E-state index contributed by atoms with van der Waals surface area (Å²) < 4.78 is 36.4. The number of aromatic amines is 2. The van der Waals surface area contributed by atoms with E-state index in [4.69, 9.17) is 28.9 Å². The second-order valence-electron chi connectivity index (χ2n) is 16.8. The van der Waals surface area contributed by atoms with E-state index >= 15 is 4.39 Å². The average molecular weight is 867 g/mol. The standard InChI is InChI=1S/C46H55FN8O8/c1-26-5-15-35(54(26)43(56)38(51-45(58)60-3)32-17-21-62-22-18-32)41-48-25-34(49-41)30-11-7-28(8-12-30)29-9-13-31(14-10-29)37-40(47)53-42(50-37)36-16-6-27(2)55(36)44(57)39(52-46(59)61-4)33-19-23-63-24-20-33/h7-14,25,27,32-33,35-36,38-39H,1,5-6,15-24H2,2-4H3,(H,48,49)(H,50,53)(H,51,58)(H,52,59)/t27-,35-,36-,38-,39-/m0/s1. The number of carbonyl (C=O) groups is 4. The van der Waals surface area contributed by atoms with Crippen LogP contribution < -0.4 is 10.6 Å². The van der Waals surface area contributed by atoms with E-state index in [1.165, 1.54) is 14.2 Å². The number of nitrogens with one attached hydrogen (secondary N) is 4. The number of ether oxygens (including phenoxy) is 4. The van der Waals surface area contributed by atoms with Gasteiger partial charge in [-0.05, 0) is 86.8 Å². The van der Waals surface area contributed by atoms with E-state index in [-0.39, 0.29) is 41.4 Å². The fourth-order valence-electron chi connectivity index (χ4n) is 9.54. The molecule has 17 heteroatoms. The summed E-state index contributed by atoms with van der Waals surface area (Å²) >= 11 is 0. The molecule has 334 valence electrons. The molecule has 63 heavy (non-hydrogen) atoms. The van der Waals surface area contributed by atoms with Crippen molar-refractivity contribution in [1.29, 1.82) is 0 Å². The number of amides is 4. The first kappa shape index (κ1) is 43.6. The Labute approximate surface area is 365 Å². The van der Waals surface area contributed by atoms with Gasteiger partial charge in [0.15, 0.2) is 0 Å². The molecule has 2 aromatic heterocycles. The molecule has 0 aliphatic carbocycles. The van der Waals surface area contributed by atoms with Gasteiger partial charge in [0.1, 0.15) is 29.4 Å². The van der Waals surface area contributed by atoms with Crippen LogP contribution in [0.15, 0.2) is 67.0 Å². The van der Waals surface area contributed by atoms with Gasteiger partial charge in [0, 0.05) is 43.7 Å². The molecule has 0 spiro atoms. The number of halogens is 1. The molecular weight excluding hydrogens is 812 g/mol. The second-order valence-corrected chi connectivity index (χ2v) is 16.8. The number of imidazole rings is 2. The first-order chi connectivity index (χ1) is 30.5. The minimum atomic E-state index is -0.803. The number of allylic oxidation sites excluding steroid dienone is 1. The fraction of sp³-hybridized carbons (Fsp3) is 0.478. The predicted octanol–water partition coefficient (Wildman–Crippen LogP) is 6.80. The molecule has 4 N–H and O–H groups in total. The van der Waals surface area contributed by atoms with Gasteiger partial charge in [-0.2, -0.15) is 4.39 Å². The number of alkyl carbamates (subject to hydrolysis) is 2. The Hall–Kier alpha value is -6.07. The lowest BCUT2D eigenvalue weighted by molar-refractivity contribution is -0.138. The summed E-state index contributed by atoms with van der Waals surface area (Å²) in [6.45, 7) is 8.18. The Morgan fingerprint density at radius 1 is 0.730 bits per heavy atom. The Kier molecular flexibility index (Phi) is 13.2. The molecule has 8 rings (SSSR count). The average Bonchev–Trinajstić information content (AvgIpc) is 4.13. The van der Waals surface area contributed by atoms with Crippen LogP contribution in [-0.2, 0) is 28.5 Å². The van der Waals surface area contributed by atoms with Crippen LogP contribution in [0.4, 0.5) is 14.0 Å². The van der Waals surface area contributed by atoms with Gasteiger partial charge in [-0.15, -0.1) is 0 Å². The van der Waals surface area contributed by atoms with E-state index < -0.39 is 36.3 Å². The molecule has 2 aromatic carbocycles. The molecule has 4 aliphatic rings. The van der Waals surface area contributed by atoms with Gasteiger partial charge in [-0.1, -0.05) is 55.1 Å². The van der Waals surface area contributed by atoms with Crippen molar-refractivity contribution in [2.75, 3.05) is 40.6 Å². The second kappa shape index (κ2) is 19.1. The van der Waals surface area contributed by atoms with Crippen molar-refractivity contribution in [1.82, 2.24) is 40.4 Å². The van der Waals surface area contributed by atoms with Gasteiger partial charge in [-0.3, -0.25) is 9.59 Å². The van der Waals surface area contributed by atoms with E-state index in [1.54, 1.807) is 16.0 Å². The van der Waals surface area contributed by atoms with Gasteiger partial charge < -0.3 is 49.3 Å². The first-order valence-electron chi connectivity index (χ1n) is 21.7. The van der Waals surface area contributed by atoms with Crippen molar-refractivity contribution in [3.05, 3.63) is 84.6 Å². The highest BCUT2D eigenvalue weighted by molar-refractivity contribution is 5.88. The number of benzene rings is 2. The number of nitrogens with zero attached hydrogens (tertiary/aromatic N) is 4. The first-order valence-corrected chi connectivity index (χ1v) is 21.7. The molecule has 6 heterocycles. The molecule has 4 aliphatic heterocycles. The maximum absolute atomic E-state index is 15.7. The lowest BCUT2D eigenvalue weighted by Gasteiger charge is -2.36. The Morgan fingerprint density at radius 2 is 1.27 bits per heavy atom. The van der Waals surface area contributed by atoms with Gasteiger partial charge in [0.25, 0.3) is 0 Å². The van der Waals surface area contributed by atoms with Gasteiger partial charge in [0.05, 0.1) is 38.2 Å². The number of aromatic nitrogens is 4. The molecule has 0 saturated carbocycles. The summed E-state index contributed by atoms with van der Waals surface area (Å²) in [5, 5.41) is 5.54. The molecule has 5 atom stereocenters. The summed E-state index contributed by atoms with van der Waals surface area (Å²) in [7, 11) is 2.55. The SMILES string of the molecule is C=C1CC[C@@H](c2ncc(-c3ccc(-c4ccc(-c5nc([C@@H]6CC[C@H](C)N6C(=O)[C@@H](NC(=O)OC)C6CCOCC6)[nH]c5F)cc4)cc3)[nH]2)N1C(=O)[C@@H](NC(=O)OC)C1CCOCC1. The number of methoxy groups -OCH3 is 2. The normalized spacial score (nSPS) is 21.8. The van der Waals surface area contributed by atoms with Crippen molar-refractivity contribution in [3.8, 4) is 33.6 Å². The smallest absolute Gasteiger partial charge is 0.407 e. The lowest BCUT2D eigenvalue weighted by atomic mass is 9.90. The molecule has 0 bridgehead atoms. The largest absolute Gasteiger partial charge is 0.453 e. The lowest BCUT2D eigenvalue weighted by Crippen LogP contribution is -2.54. The monoisotopic (exact) mass is 866 g/mol. The molecule has 4 saturated heterocycles. The van der Waals surface area contributed by atoms with Crippen molar-refractivity contribution in [2.24, 2.45) is 11.8 Å². The Bertz CT molecular complexity index is 2280. The quantitative estimate of drug-likeness (QED) is 0.125. The Morgan fingerprint density at radius 3 is 1.84 bits per heavy atom. The van der Waals surface area contributed by atoms with Crippen molar-refractivity contribution < 1.29 is 42.5 Å². The molecular formula is C46H55FN8O8. The number of H-pyrrole nitrogens is 2. The summed E-state index contributed by atoms with van der Waals surface area (Å²) in [6, 6.07) is 12.8. The minimum Gasteiger partial charge on any atom is -0.453 e. The van der Waals surface area contributed by atoms with Gasteiger partial charge >= 0.3 is 12.2 Å². The molecule has 16 nitrogen and oxygen atoms in total. The zero-order chi connectivity index (χ0) is 44.2. The highest BCUT2D eigenvalue weighted by Gasteiger charge is 2.44. The molecule has 0 radical (unpaired) electrons. The highest BCUT2D eigenvalue weighted by atomic mass is 19.1. The summed E-state index contributed by atoms with van der Waals surface area (Å²) in [5.41, 5.74) is 4.96. The number of likely N-dealkylation sites (tertiary alicyclic amines) is 2. The fourth-order valence-corrected chi connectivity index (χ4v) is 9.54. The van der Waals surface area contributed by atoms with E-state index in [9.17, 15) is 19.2 Å². The van der Waals surface area contributed by atoms with E-state index in [0.717, 1.165) is 22.4 Å². The van der Waals surface area contributed by atoms with Gasteiger partial charge in [0.2, 0.25) is 17.8 Å². The van der Waals surface area contributed by atoms with Crippen LogP contribution >= 0.6 is 0 Å². The zero-order valence-corrected chi connectivity index (χ0v) is 35.9. The van der Waals surface area contributed by atoms with Gasteiger partial charge in [-0.25, -0.2) is 19.6 Å². The molecule has 0 unspecified atom stereocenters. The molecule has 4 aromatic rings. The summed E-state index contributed by atoms with van der Waals surface area (Å²) in [4.78, 5) is 72.0. The maximum Gasteiger partial charge on any atom is 0.407 e. The third kappa shape index (κ3) is 9.21. The van der Waals surface area contributed by atoms with E-state index in [2.05, 4.69) is 27.2 Å². The number of hydrogen-bond donors (Lipinski definition) is 4. The summed E-state index contributed by atoms with van der Waals surface area (Å²) in [5.74, 6) is -0.303. The van der Waals surface area contributed by atoms with Crippen LogP contribution in [0.3, 0.4) is 0 Å². The number of hydrogen-bond acceptors (Lipinski definition) is 10. The van der Waals surface area contributed by atoms with Crippen LogP contribution in [0.2, 0.25) is 0 Å². The number of carbonyl (C=O) groups excluding carboxylic acids is 4. The number of rotatable bonds is 11. The summed E-state index contributed by atoms with van der Waals surface area (Å²) in [6.07, 6.45) is 5.49. The third-order valence-electron chi connectivity index (χ3n) is 13.0. The van der Waals surface area contributed by atoms with Crippen molar-refractivity contribution >= 4 is 24.0 Å². The predicted molar refractivity (Wildman–Crippen MR) is 229 cm³/mol. The van der Waals surface area contributed by atoms with Crippen LogP contribution in [0, 0.1) is 17.8 Å². The van der Waals surface area contributed by atoms with Crippen molar-refractivity contribution in [3.63, 3.8) is 0 Å². The van der Waals surface area contributed by atoms with E-state index in [0.29, 0.717) is 101 Å². The zero-order valence-electron chi connectivity index (χ0n) is 35.9.